The van der Waals surface area contributed by atoms with E-state index < -0.39 is 6.98 Å². The van der Waals surface area contributed by atoms with Crippen molar-refractivity contribution in [3.05, 3.63) is 42.4 Å². The molecule has 1 aliphatic rings. The normalized spacial score (nSPS) is 15.9. The summed E-state index contributed by atoms with van der Waals surface area (Å²) in [6, 6.07) is 5.51. The fourth-order valence-electron chi connectivity index (χ4n) is 2.92. The molecular formula is C14H11N6+. The zero-order valence-electron chi connectivity index (χ0n) is 13.4. The number of imidazole rings is 2. The van der Waals surface area contributed by atoms with Gasteiger partial charge in [-0.3, -0.25) is 4.98 Å². The third-order valence-electron chi connectivity index (χ3n) is 3.77. The Bertz CT molecular complexity index is 1090. The van der Waals surface area contributed by atoms with E-state index in [4.69, 9.17) is 4.11 Å². The molecule has 0 radical (unpaired) electrons. The number of hydrogen-bond acceptors (Lipinski definition) is 3. The van der Waals surface area contributed by atoms with Crippen molar-refractivity contribution in [2.45, 2.75) is 6.54 Å². The van der Waals surface area contributed by atoms with Crippen molar-refractivity contribution in [3.8, 4) is 11.4 Å². The summed E-state index contributed by atoms with van der Waals surface area (Å²) in [5.74, 6) is 0.602. The molecular weight excluding hydrogens is 252 g/mol. The number of pyridine rings is 1. The van der Waals surface area contributed by atoms with Crippen LogP contribution in [0.1, 0.15) is 9.68 Å². The van der Waals surface area contributed by atoms with Crippen LogP contribution in [0.3, 0.4) is 0 Å². The molecule has 0 atom stereocenters. The van der Waals surface area contributed by atoms with Gasteiger partial charge in [0.2, 0.25) is 11.5 Å². The van der Waals surface area contributed by atoms with Crippen LogP contribution in [-0.2, 0) is 13.5 Å². The Morgan fingerprint density at radius 1 is 1.35 bits per heavy atom. The van der Waals surface area contributed by atoms with Crippen LogP contribution in [0.25, 0.3) is 28.3 Å². The minimum absolute atomic E-state index is 0.410. The topological polar surface area (TPSA) is 51.9 Å². The summed E-state index contributed by atoms with van der Waals surface area (Å²) in [5.41, 5.74) is 3.59. The predicted molar refractivity (Wildman–Crippen MR) is 72.0 cm³/mol. The maximum absolute atomic E-state index is 7.95. The zero-order chi connectivity index (χ0) is 15.8. The fraction of sp³-hybridized carbons (Fsp3) is 0.143. The first-order valence-electron chi connectivity index (χ1n) is 7.77. The number of aryl methyl sites for hydroxylation is 1. The van der Waals surface area contributed by atoms with Crippen molar-refractivity contribution in [3.63, 3.8) is 0 Å². The fourth-order valence-corrected chi connectivity index (χ4v) is 2.92. The molecule has 6 heteroatoms. The Labute approximate surface area is 118 Å². The van der Waals surface area contributed by atoms with Crippen LogP contribution in [0.2, 0.25) is 0 Å². The van der Waals surface area contributed by atoms with Gasteiger partial charge in [-0.1, -0.05) is 0 Å². The van der Waals surface area contributed by atoms with Crippen molar-refractivity contribution in [2.75, 3.05) is 0 Å². The Morgan fingerprint density at radius 3 is 3.30 bits per heavy atom. The van der Waals surface area contributed by atoms with Gasteiger partial charge < -0.3 is 0 Å². The van der Waals surface area contributed by atoms with E-state index in [0.717, 1.165) is 11.1 Å². The Kier molecular flexibility index (Phi) is 1.24. The van der Waals surface area contributed by atoms with Crippen LogP contribution < -0.4 is 4.57 Å². The van der Waals surface area contributed by atoms with Crippen LogP contribution in [0.5, 0.6) is 0 Å². The highest BCUT2D eigenvalue weighted by Gasteiger charge is 2.34. The average molecular weight is 266 g/mol. The number of rotatable bonds is 0. The first kappa shape index (κ1) is 7.74. The second-order valence-corrected chi connectivity index (χ2v) is 4.83. The largest absolute Gasteiger partial charge is 0.315 e. The van der Waals surface area contributed by atoms with Gasteiger partial charge in [-0.15, -0.1) is 9.61 Å². The quantitative estimate of drug-likeness (QED) is 0.392. The third-order valence-corrected chi connectivity index (χ3v) is 3.77. The highest BCUT2D eigenvalue weighted by molar-refractivity contribution is 5.75. The van der Waals surface area contributed by atoms with E-state index in [2.05, 4.69) is 15.1 Å². The van der Waals surface area contributed by atoms with Crippen LogP contribution in [0.4, 0.5) is 0 Å². The SMILES string of the molecule is [2H]C([2H])([2H])n1c2[n+](c3c1nc1cccnn13)Cc1ccncc1-2. The molecule has 5 rings (SSSR count). The van der Waals surface area contributed by atoms with E-state index in [1.807, 2.05) is 16.7 Å². The Morgan fingerprint density at radius 2 is 2.35 bits per heavy atom. The molecule has 4 aromatic rings. The summed E-state index contributed by atoms with van der Waals surface area (Å²) in [4.78, 5) is 8.62. The van der Waals surface area contributed by atoms with Crippen molar-refractivity contribution in [1.82, 2.24) is 24.1 Å². The summed E-state index contributed by atoms with van der Waals surface area (Å²) in [5, 5.41) is 4.33. The van der Waals surface area contributed by atoms with Crippen molar-refractivity contribution in [1.29, 1.82) is 0 Å². The summed E-state index contributed by atoms with van der Waals surface area (Å²) in [6.07, 6.45) is 5.09. The molecule has 0 fully saturated rings. The van der Waals surface area contributed by atoms with Gasteiger partial charge in [0, 0.05) is 24.0 Å². The first-order chi connectivity index (χ1) is 11.1. The Balaban J connectivity index is 2.01. The van der Waals surface area contributed by atoms with Gasteiger partial charge in [0.05, 0.1) is 29.4 Å². The molecule has 20 heavy (non-hydrogen) atoms. The van der Waals surface area contributed by atoms with Gasteiger partial charge in [0.15, 0.2) is 0 Å². The smallest absolute Gasteiger partial charge is 0.264 e. The molecule has 6 nitrogen and oxygen atoms in total. The molecule has 0 aliphatic carbocycles. The van der Waals surface area contributed by atoms with Gasteiger partial charge in [0.25, 0.3) is 5.65 Å². The molecule has 0 bridgehead atoms. The lowest BCUT2D eigenvalue weighted by atomic mass is 10.2. The second kappa shape index (κ2) is 3.22. The highest BCUT2D eigenvalue weighted by atomic mass is 15.4. The standard InChI is InChI=1S/C14H11N6/c1-18-12-14(20-11(17-12)3-2-5-16-20)19-8-9-4-6-15-7-10(9)13(18)19/h2-7H,8H2,1H3/q+1/i1D3. The van der Waals surface area contributed by atoms with Crippen LogP contribution in [0.15, 0.2) is 36.8 Å². The second-order valence-electron chi connectivity index (χ2n) is 4.83. The lowest BCUT2D eigenvalue weighted by Crippen LogP contribution is -2.32. The lowest BCUT2D eigenvalue weighted by Gasteiger charge is -1.95. The van der Waals surface area contributed by atoms with Crippen LogP contribution in [0, 0.1) is 0 Å². The minimum Gasteiger partial charge on any atom is -0.264 e. The van der Waals surface area contributed by atoms with Gasteiger partial charge in [0.1, 0.15) is 0 Å². The number of aromatic nitrogens is 6. The van der Waals surface area contributed by atoms with E-state index >= 15 is 0 Å². The summed E-state index contributed by atoms with van der Waals surface area (Å²) >= 11 is 0. The average Bonchev–Trinajstić information content (AvgIpc) is 3.12. The van der Waals surface area contributed by atoms with E-state index in [0.29, 0.717) is 29.3 Å². The molecule has 96 valence electrons. The van der Waals surface area contributed by atoms with E-state index in [9.17, 15) is 0 Å². The van der Waals surface area contributed by atoms with Gasteiger partial charge in [-0.05, 0) is 12.1 Å². The lowest BCUT2D eigenvalue weighted by molar-refractivity contribution is -0.648. The van der Waals surface area contributed by atoms with Crippen LogP contribution >= 0.6 is 0 Å². The molecule has 0 N–H and O–H groups in total. The van der Waals surface area contributed by atoms with Crippen molar-refractivity contribution in [2.24, 2.45) is 6.98 Å². The number of fused-ring (bicyclic) bond motifs is 7. The molecule has 0 saturated heterocycles. The molecule has 0 unspecified atom stereocenters. The highest BCUT2D eigenvalue weighted by Crippen LogP contribution is 2.29. The third kappa shape index (κ3) is 1.01. The molecule has 1 aliphatic heterocycles. The minimum atomic E-state index is -2.34. The summed E-state index contributed by atoms with van der Waals surface area (Å²) in [6.45, 7) is -1.76. The molecule has 0 amide bonds. The van der Waals surface area contributed by atoms with E-state index in [1.165, 1.54) is 4.57 Å². The van der Waals surface area contributed by atoms with E-state index in [-0.39, 0.29) is 0 Å². The zero-order valence-corrected chi connectivity index (χ0v) is 10.4. The molecule has 5 heterocycles. The molecule has 4 aromatic heterocycles. The van der Waals surface area contributed by atoms with Crippen molar-refractivity contribution < 1.29 is 8.68 Å². The van der Waals surface area contributed by atoms with Crippen molar-refractivity contribution >= 4 is 16.9 Å². The maximum Gasteiger partial charge on any atom is 0.315 e. The first-order valence-corrected chi connectivity index (χ1v) is 6.27. The molecule has 0 saturated carbocycles. The van der Waals surface area contributed by atoms with Crippen LogP contribution in [-0.4, -0.2) is 24.1 Å². The molecule has 0 spiro atoms. The number of hydrogen-bond donors (Lipinski definition) is 0. The monoisotopic (exact) mass is 266 g/mol. The Hall–Kier alpha value is -2.76. The van der Waals surface area contributed by atoms with Gasteiger partial charge in [-0.25, -0.2) is 9.13 Å². The summed E-state index contributed by atoms with van der Waals surface area (Å²) < 4.78 is 28.8. The molecule has 0 aromatic carbocycles. The predicted octanol–water partition coefficient (Wildman–Crippen LogP) is 0.932. The summed E-state index contributed by atoms with van der Waals surface area (Å²) in [7, 11) is 0. The maximum atomic E-state index is 7.95. The number of nitrogens with zero attached hydrogens (tertiary/aromatic N) is 6. The van der Waals surface area contributed by atoms with Gasteiger partial charge >= 0.3 is 5.65 Å². The van der Waals surface area contributed by atoms with E-state index in [1.54, 1.807) is 29.2 Å². The van der Waals surface area contributed by atoms with Gasteiger partial charge in [-0.2, -0.15) is 4.98 Å².